The molecule has 2 fully saturated rings. The molecule has 0 aliphatic heterocycles. The highest BCUT2D eigenvalue weighted by Gasteiger charge is 2.90. The Morgan fingerprint density at radius 2 is 1.16 bits per heavy atom. The zero-order valence-electron chi connectivity index (χ0n) is 27.1. The summed E-state index contributed by atoms with van der Waals surface area (Å²) in [6, 6.07) is 4.62. The predicted molar refractivity (Wildman–Crippen MR) is 156 cm³/mol. The molecule has 0 amide bonds. The highest BCUT2D eigenvalue weighted by molar-refractivity contribution is 5.81. The van der Waals surface area contributed by atoms with Crippen molar-refractivity contribution in [3.8, 4) is 0 Å². The summed E-state index contributed by atoms with van der Waals surface area (Å²) in [5.41, 5.74) is -1.29. The number of carboxylic acid groups (broad SMARTS) is 1. The van der Waals surface area contributed by atoms with Crippen molar-refractivity contribution in [1.29, 1.82) is 0 Å². The fourth-order valence-corrected chi connectivity index (χ4v) is 7.47. The molecule has 2 saturated carbocycles. The summed E-state index contributed by atoms with van der Waals surface area (Å²) in [5, 5.41) is 10.2. The van der Waals surface area contributed by atoms with Crippen molar-refractivity contribution in [2.45, 2.75) is 151 Å². The van der Waals surface area contributed by atoms with E-state index in [4.69, 9.17) is 0 Å². The summed E-state index contributed by atoms with van der Waals surface area (Å²) in [7, 11) is 0. The van der Waals surface area contributed by atoms with Crippen molar-refractivity contribution in [3.05, 3.63) is 35.4 Å². The molecule has 1 aromatic rings. The van der Waals surface area contributed by atoms with Gasteiger partial charge in [0.2, 0.25) is 0 Å². The summed E-state index contributed by atoms with van der Waals surface area (Å²) < 4.78 is 174. The van der Waals surface area contributed by atoms with E-state index in [0.717, 1.165) is 37.8 Å². The molecule has 2 nitrogen and oxygen atoms in total. The number of hydrogen-bond donors (Lipinski definition) is 1. The molecule has 1 N–H and O–H groups in total. The van der Waals surface area contributed by atoms with Crippen LogP contribution in [0.1, 0.15) is 114 Å². The van der Waals surface area contributed by atoms with Gasteiger partial charge in [-0.05, 0) is 73.8 Å². The van der Waals surface area contributed by atoms with E-state index in [1.54, 1.807) is 0 Å². The second-order valence-electron chi connectivity index (χ2n) is 13.9. The number of halogens is 13. The molecule has 0 heterocycles. The average Bonchev–Trinajstić information content (AvgIpc) is 3.03. The van der Waals surface area contributed by atoms with E-state index in [9.17, 15) is 67.0 Å². The fourth-order valence-electron chi connectivity index (χ4n) is 7.47. The molecule has 0 radical (unpaired) electrons. The summed E-state index contributed by atoms with van der Waals surface area (Å²) >= 11 is 0. The number of rotatable bonds is 16. The Kier molecular flexibility index (Phi) is 12.8. The van der Waals surface area contributed by atoms with E-state index in [1.165, 1.54) is 50.7 Å². The minimum absolute atomic E-state index is 0.244. The van der Waals surface area contributed by atoms with Gasteiger partial charge in [0, 0.05) is 6.42 Å². The number of carbonyl (C=O) groups is 1. The van der Waals surface area contributed by atoms with Crippen molar-refractivity contribution in [1.82, 2.24) is 0 Å². The van der Waals surface area contributed by atoms with E-state index in [-0.39, 0.29) is 24.0 Å². The van der Waals surface area contributed by atoms with Gasteiger partial charge in [-0.25, -0.2) is 0 Å². The number of benzene rings is 1. The van der Waals surface area contributed by atoms with Crippen molar-refractivity contribution in [2.75, 3.05) is 0 Å². The first-order valence-electron chi connectivity index (χ1n) is 16.8. The van der Waals surface area contributed by atoms with Crippen LogP contribution in [-0.2, 0) is 16.6 Å². The Morgan fingerprint density at radius 1 is 0.673 bits per heavy atom. The monoisotopic (exact) mass is 730 g/mol. The summed E-state index contributed by atoms with van der Waals surface area (Å²) in [6.07, 6.45) is 2.69. The third-order valence-corrected chi connectivity index (χ3v) is 10.8. The highest BCUT2D eigenvalue weighted by Crippen LogP contribution is 2.61. The van der Waals surface area contributed by atoms with Crippen LogP contribution in [0.15, 0.2) is 24.3 Å². The lowest BCUT2D eigenvalue weighted by Crippen LogP contribution is -2.70. The molecule has 2 aliphatic carbocycles. The Hall–Kier alpha value is -2.22. The van der Waals surface area contributed by atoms with Gasteiger partial charge in [-0.15, -0.1) is 0 Å². The van der Waals surface area contributed by atoms with Gasteiger partial charge in [0.15, 0.2) is 0 Å². The smallest absolute Gasteiger partial charge is 0.460 e. The quantitative estimate of drug-likeness (QED) is 0.136. The molecular formula is C34H43F13O2. The number of aliphatic carboxylic acids is 1. The van der Waals surface area contributed by atoms with E-state index in [2.05, 4.69) is 6.92 Å². The second-order valence-corrected chi connectivity index (χ2v) is 13.9. The van der Waals surface area contributed by atoms with Gasteiger partial charge in [-0.1, -0.05) is 82.6 Å². The first-order valence-corrected chi connectivity index (χ1v) is 16.8. The highest BCUT2D eigenvalue weighted by atomic mass is 19.4. The molecule has 0 aromatic heterocycles. The third kappa shape index (κ3) is 8.15. The van der Waals surface area contributed by atoms with Gasteiger partial charge in [-0.2, -0.15) is 57.1 Å². The maximum absolute atomic E-state index is 14.3. The SMILES string of the molecule is CCCCCCCC1CCC(C2CCC(C(=O)O)(c3ccc(CCC(F)(F)C(F)(F)C(F)(F)C(F)(F)C(F)(F)C(F)(F)F)cc3)CC2)CC1. The Labute approximate surface area is 277 Å². The molecule has 0 atom stereocenters. The van der Waals surface area contributed by atoms with Crippen LogP contribution in [0, 0.1) is 17.8 Å². The van der Waals surface area contributed by atoms with E-state index < -0.39 is 60.0 Å². The maximum atomic E-state index is 14.3. The van der Waals surface area contributed by atoms with Gasteiger partial charge in [0.05, 0.1) is 5.41 Å². The van der Waals surface area contributed by atoms with Crippen LogP contribution in [0.3, 0.4) is 0 Å². The second kappa shape index (κ2) is 15.2. The molecule has 3 rings (SSSR count). The molecule has 0 spiro atoms. The summed E-state index contributed by atoms with van der Waals surface area (Å²) in [6.45, 7) is 2.18. The topological polar surface area (TPSA) is 37.3 Å². The molecule has 0 bridgehead atoms. The molecule has 0 saturated heterocycles. The maximum Gasteiger partial charge on any atom is 0.460 e. The third-order valence-electron chi connectivity index (χ3n) is 10.8. The zero-order valence-corrected chi connectivity index (χ0v) is 27.1. The van der Waals surface area contributed by atoms with E-state index in [1.807, 2.05) is 0 Å². The molecule has 0 unspecified atom stereocenters. The Balaban J connectivity index is 1.62. The van der Waals surface area contributed by atoms with Crippen LogP contribution in [0.4, 0.5) is 57.1 Å². The first kappa shape index (κ1) is 41.2. The van der Waals surface area contributed by atoms with Crippen LogP contribution >= 0.6 is 0 Å². The Morgan fingerprint density at radius 3 is 1.65 bits per heavy atom. The van der Waals surface area contributed by atoms with E-state index >= 15 is 0 Å². The minimum atomic E-state index is -7.93. The van der Waals surface area contributed by atoms with Gasteiger partial charge < -0.3 is 5.11 Å². The lowest BCUT2D eigenvalue weighted by molar-refractivity contribution is -0.440. The van der Waals surface area contributed by atoms with Gasteiger partial charge in [-0.3, -0.25) is 4.79 Å². The molecule has 1 aromatic carbocycles. The number of alkyl halides is 13. The molecule has 2 aliphatic rings. The molecule has 15 heteroatoms. The van der Waals surface area contributed by atoms with Crippen molar-refractivity contribution in [2.24, 2.45) is 17.8 Å². The normalized spacial score (nSPS) is 25.0. The van der Waals surface area contributed by atoms with Gasteiger partial charge in [0.1, 0.15) is 0 Å². The summed E-state index contributed by atoms with van der Waals surface area (Å²) in [4.78, 5) is 12.5. The standard InChI is InChI=1S/C34H43F13O2/c1-2-3-4-5-6-7-22-8-12-24(13-9-22)25-17-19-28(20-18-25,27(48)49)26-14-10-23(11-15-26)16-21-29(35,36)30(37,38)31(39,40)32(41,42)33(43,44)34(45,46)47/h10-11,14-15,22,24-25H,2-9,12-13,16-21H2,1H3,(H,48,49). The van der Waals surface area contributed by atoms with Crippen LogP contribution in [0.2, 0.25) is 0 Å². The number of carboxylic acids is 1. The van der Waals surface area contributed by atoms with E-state index in [0.29, 0.717) is 30.6 Å². The summed E-state index contributed by atoms with van der Waals surface area (Å²) in [5.74, 6) is -36.6. The molecular weight excluding hydrogens is 687 g/mol. The molecule has 49 heavy (non-hydrogen) atoms. The van der Waals surface area contributed by atoms with Crippen molar-refractivity contribution < 1.29 is 67.0 Å². The number of unbranched alkanes of at least 4 members (excludes halogenated alkanes) is 4. The van der Waals surface area contributed by atoms with Crippen molar-refractivity contribution >= 4 is 5.97 Å². The van der Waals surface area contributed by atoms with Gasteiger partial charge in [0.25, 0.3) is 0 Å². The largest absolute Gasteiger partial charge is 0.481 e. The minimum Gasteiger partial charge on any atom is -0.481 e. The number of hydrogen-bond acceptors (Lipinski definition) is 1. The van der Waals surface area contributed by atoms with Gasteiger partial charge >= 0.3 is 41.8 Å². The average molecular weight is 731 g/mol. The lowest BCUT2D eigenvalue weighted by Gasteiger charge is -2.42. The predicted octanol–water partition coefficient (Wildman–Crippen LogP) is 12.0. The first-order chi connectivity index (χ1) is 22.5. The lowest BCUT2D eigenvalue weighted by atomic mass is 9.62. The Bertz CT molecular complexity index is 1210. The number of aryl methyl sites for hydroxylation is 1. The van der Waals surface area contributed by atoms with Crippen LogP contribution in [-0.4, -0.2) is 46.9 Å². The zero-order chi connectivity index (χ0) is 37.1. The van der Waals surface area contributed by atoms with Crippen molar-refractivity contribution in [3.63, 3.8) is 0 Å². The fraction of sp³-hybridized carbons (Fsp3) is 0.794. The van der Waals surface area contributed by atoms with Crippen LogP contribution < -0.4 is 0 Å². The van der Waals surface area contributed by atoms with Crippen LogP contribution in [0.25, 0.3) is 0 Å². The van der Waals surface area contributed by atoms with Crippen LogP contribution in [0.5, 0.6) is 0 Å². The molecule has 282 valence electrons.